The van der Waals surface area contributed by atoms with Crippen LogP contribution >= 0.6 is 23.2 Å². The maximum atomic E-state index is 11.9. The molecule has 0 saturated heterocycles. The van der Waals surface area contributed by atoms with Gasteiger partial charge in [-0.1, -0.05) is 62.7 Å². The maximum absolute atomic E-state index is 11.9. The van der Waals surface area contributed by atoms with Gasteiger partial charge < -0.3 is 15.7 Å². The fourth-order valence-corrected chi connectivity index (χ4v) is 5.17. The third kappa shape index (κ3) is 11.1. The number of carboxylic acids is 1. The second kappa shape index (κ2) is 16.3. The van der Waals surface area contributed by atoms with Crippen LogP contribution in [0.2, 0.25) is 10.0 Å². The van der Waals surface area contributed by atoms with E-state index < -0.39 is 5.97 Å². The molecule has 1 aliphatic carbocycles. The van der Waals surface area contributed by atoms with Crippen molar-refractivity contribution in [3.63, 3.8) is 0 Å². The summed E-state index contributed by atoms with van der Waals surface area (Å²) in [6.07, 6.45) is 5.98. The number of halogens is 2. The third-order valence-corrected chi connectivity index (χ3v) is 7.46. The Balaban J connectivity index is 0.000000293. The lowest BCUT2D eigenvalue weighted by molar-refractivity contribution is -0.136. The highest BCUT2D eigenvalue weighted by atomic mass is 35.5. The molecule has 0 unspecified atom stereocenters. The van der Waals surface area contributed by atoms with E-state index in [1.54, 1.807) is 18.2 Å². The molecule has 1 saturated carbocycles. The van der Waals surface area contributed by atoms with Crippen LogP contribution in [0.25, 0.3) is 0 Å². The molecule has 2 aromatic rings. The SMILES string of the molecule is C=C(NCCC)C(=N)c1cc(Cl)cc(Cl)c1.CC(C)C1CCC(c2ccc(C(=O)NCCC(=O)O)cc2)CC1. The summed E-state index contributed by atoms with van der Waals surface area (Å²) < 4.78 is 0. The van der Waals surface area contributed by atoms with E-state index in [-0.39, 0.29) is 18.9 Å². The van der Waals surface area contributed by atoms with Gasteiger partial charge >= 0.3 is 5.97 Å². The van der Waals surface area contributed by atoms with Gasteiger partial charge in [0.05, 0.1) is 17.8 Å². The van der Waals surface area contributed by atoms with E-state index in [9.17, 15) is 9.59 Å². The third-order valence-electron chi connectivity index (χ3n) is 7.02. The molecule has 1 amide bonds. The highest BCUT2D eigenvalue weighted by Gasteiger charge is 2.24. The van der Waals surface area contributed by atoms with Gasteiger partial charge in [0.1, 0.15) is 0 Å². The lowest BCUT2D eigenvalue weighted by Gasteiger charge is -2.31. The Morgan fingerprint density at radius 2 is 1.56 bits per heavy atom. The Bertz CT molecular complexity index is 1100. The molecule has 0 aliphatic heterocycles. The first-order chi connectivity index (χ1) is 18.5. The van der Waals surface area contributed by atoms with Crippen molar-refractivity contribution < 1.29 is 14.7 Å². The monoisotopic (exact) mass is 573 g/mol. The van der Waals surface area contributed by atoms with Crippen molar-refractivity contribution in [3.8, 4) is 0 Å². The van der Waals surface area contributed by atoms with E-state index in [2.05, 4.69) is 38.0 Å². The van der Waals surface area contributed by atoms with Crippen molar-refractivity contribution in [3.05, 3.63) is 81.5 Å². The number of hydrogen-bond donors (Lipinski definition) is 4. The normalized spacial score (nSPS) is 16.6. The van der Waals surface area contributed by atoms with E-state index in [0.717, 1.165) is 24.8 Å². The molecule has 6 nitrogen and oxygen atoms in total. The molecule has 0 spiro atoms. The number of hydrogen-bond acceptors (Lipinski definition) is 4. The van der Waals surface area contributed by atoms with Crippen LogP contribution in [0.1, 0.15) is 86.7 Å². The minimum absolute atomic E-state index is 0.0527. The van der Waals surface area contributed by atoms with Gasteiger partial charge in [-0.25, -0.2) is 0 Å². The molecule has 4 N–H and O–H groups in total. The Kier molecular flexibility index (Phi) is 13.5. The van der Waals surface area contributed by atoms with Crippen LogP contribution in [0.3, 0.4) is 0 Å². The summed E-state index contributed by atoms with van der Waals surface area (Å²) in [5.41, 5.74) is 3.48. The quantitative estimate of drug-likeness (QED) is 0.207. The molecule has 39 heavy (non-hydrogen) atoms. The number of allylic oxidation sites excluding steroid dienone is 1. The van der Waals surface area contributed by atoms with Crippen LogP contribution in [-0.2, 0) is 4.79 Å². The summed E-state index contributed by atoms with van der Waals surface area (Å²) in [5.74, 6) is 1.12. The van der Waals surface area contributed by atoms with Crippen molar-refractivity contribution in [1.29, 1.82) is 5.41 Å². The molecule has 0 radical (unpaired) electrons. The van der Waals surface area contributed by atoms with Crippen LogP contribution in [-0.4, -0.2) is 35.8 Å². The largest absolute Gasteiger partial charge is 0.481 e. The summed E-state index contributed by atoms with van der Waals surface area (Å²) in [6.45, 7) is 11.4. The van der Waals surface area contributed by atoms with Crippen molar-refractivity contribution in [2.24, 2.45) is 11.8 Å². The minimum atomic E-state index is -0.905. The zero-order valence-electron chi connectivity index (χ0n) is 23.2. The van der Waals surface area contributed by atoms with Crippen LogP contribution < -0.4 is 10.6 Å². The van der Waals surface area contributed by atoms with Gasteiger partial charge in [0.15, 0.2) is 0 Å². The molecule has 1 aliphatic rings. The van der Waals surface area contributed by atoms with Gasteiger partial charge in [-0.2, -0.15) is 0 Å². The van der Waals surface area contributed by atoms with Gasteiger partial charge in [-0.05, 0) is 85.8 Å². The molecule has 0 heterocycles. The smallest absolute Gasteiger partial charge is 0.305 e. The zero-order chi connectivity index (χ0) is 28.9. The standard InChI is InChI=1S/C19H27NO3.C12H14Cl2N2/c1-13(2)14-3-5-15(6-4-14)16-7-9-17(10-8-16)19(23)20-12-11-18(21)22;1-3-4-16-8(2)12(15)9-5-10(13)7-11(14)6-9/h7-10,13-15H,3-6,11-12H2,1-2H3,(H,20,23)(H,21,22);5-7,15-16H,2-4H2,1H3. The lowest BCUT2D eigenvalue weighted by Crippen LogP contribution is -2.26. The summed E-state index contributed by atoms with van der Waals surface area (Å²) in [4.78, 5) is 22.4. The summed E-state index contributed by atoms with van der Waals surface area (Å²) >= 11 is 11.7. The van der Waals surface area contributed by atoms with Crippen molar-refractivity contribution in [2.45, 2.75) is 65.2 Å². The molecule has 212 valence electrons. The molecule has 3 rings (SSSR count). The molecule has 1 fully saturated rings. The zero-order valence-corrected chi connectivity index (χ0v) is 24.7. The second-order valence-corrected chi connectivity index (χ2v) is 11.2. The van der Waals surface area contributed by atoms with Crippen molar-refractivity contribution >= 4 is 40.8 Å². The predicted octanol–water partition coefficient (Wildman–Crippen LogP) is 7.70. The molecule has 2 aromatic carbocycles. The van der Waals surface area contributed by atoms with Gasteiger partial charge in [0.2, 0.25) is 0 Å². The highest BCUT2D eigenvalue weighted by molar-refractivity contribution is 6.35. The average Bonchev–Trinajstić information content (AvgIpc) is 2.91. The Hall–Kier alpha value is -2.83. The topological polar surface area (TPSA) is 102 Å². The molecule has 0 aromatic heterocycles. The maximum Gasteiger partial charge on any atom is 0.305 e. The number of nitrogens with one attached hydrogen (secondary N) is 3. The predicted molar refractivity (Wildman–Crippen MR) is 161 cm³/mol. The van der Waals surface area contributed by atoms with E-state index in [0.29, 0.717) is 38.5 Å². The number of aliphatic carboxylic acids is 1. The van der Waals surface area contributed by atoms with Gasteiger partial charge in [-0.3, -0.25) is 15.0 Å². The fraction of sp³-hybridized carbons (Fsp3) is 0.452. The fourth-order valence-electron chi connectivity index (χ4n) is 4.65. The molecule has 0 atom stereocenters. The van der Waals surface area contributed by atoms with Crippen molar-refractivity contribution in [2.75, 3.05) is 13.1 Å². The van der Waals surface area contributed by atoms with Gasteiger partial charge in [0, 0.05) is 34.3 Å². The van der Waals surface area contributed by atoms with Gasteiger partial charge in [-0.15, -0.1) is 0 Å². The van der Waals surface area contributed by atoms with Crippen LogP contribution in [0.15, 0.2) is 54.7 Å². The highest BCUT2D eigenvalue weighted by Crippen LogP contribution is 2.38. The first-order valence-corrected chi connectivity index (χ1v) is 14.4. The average molecular weight is 575 g/mol. The molecule has 8 heteroatoms. The second-order valence-electron chi connectivity index (χ2n) is 10.3. The minimum Gasteiger partial charge on any atom is -0.481 e. The Morgan fingerprint density at radius 1 is 0.974 bits per heavy atom. The van der Waals surface area contributed by atoms with Crippen molar-refractivity contribution in [1.82, 2.24) is 10.6 Å². The van der Waals surface area contributed by atoms with Crippen LogP contribution in [0.5, 0.6) is 0 Å². The van der Waals surface area contributed by atoms with E-state index in [4.69, 9.17) is 33.7 Å². The van der Waals surface area contributed by atoms with E-state index >= 15 is 0 Å². The summed E-state index contributed by atoms with van der Waals surface area (Å²) in [6, 6.07) is 12.8. The summed E-state index contributed by atoms with van der Waals surface area (Å²) in [7, 11) is 0. The summed E-state index contributed by atoms with van der Waals surface area (Å²) in [5, 5.41) is 23.2. The first kappa shape index (κ1) is 32.4. The number of carboxylic acid groups (broad SMARTS) is 1. The lowest BCUT2D eigenvalue weighted by atomic mass is 9.75. The van der Waals surface area contributed by atoms with E-state index in [1.165, 1.54) is 31.2 Å². The number of benzene rings is 2. The Morgan fingerprint density at radius 3 is 2.08 bits per heavy atom. The number of carbonyl (C=O) groups excluding carboxylic acids is 1. The first-order valence-electron chi connectivity index (χ1n) is 13.6. The van der Waals surface area contributed by atoms with E-state index in [1.807, 2.05) is 24.3 Å². The molecular weight excluding hydrogens is 533 g/mol. The van der Waals surface area contributed by atoms with Crippen LogP contribution in [0, 0.1) is 17.2 Å². The molecule has 0 bridgehead atoms. The number of amides is 1. The number of carbonyl (C=O) groups is 2. The van der Waals surface area contributed by atoms with Crippen LogP contribution in [0.4, 0.5) is 0 Å². The number of rotatable bonds is 11. The van der Waals surface area contributed by atoms with Gasteiger partial charge in [0.25, 0.3) is 5.91 Å². The Labute approximate surface area is 242 Å². The molecular formula is C31H41Cl2N3O3.